The van der Waals surface area contributed by atoms with Crippen molar-refractivity contribution >= 4 is 26.1 Å². The smallest absolute Gasteiger partial charge is 0.330 e. The summed E-state index contributed by atoms with van der Waals surface area (Å²) >= 11 is 6.25. The normalized spacial score (nSPS) is 13.6. The van der Waals surface area contributed by atoms with Crippen molar-refractivity contribution in [3.63, 3.8) is 0 Å². The van der Waals surface area contributed by atoms with Crippen LogP contribution in [0.15, 0.2) is 64.4 Å². The Hall–Kier alpha value is -3.08. The van der Waals surface area contributed by atoms with Gasteiger partial charge in [0.25, 0.3) is 5.56 Å². The molecule has 0 aliphatic heterocycles. The van der Waals surface area contributed by atoms with Gasteiger partial charge in [0.05, 0.1) is 29.5 Å². The molecule has 2 N–H and O–H groups in total. The Balaban J connectivity index is 1.67. The third kappa shape index (κ3) is 9.56. The molecule has 0 amide bonds. The fourth-order valence-electron chi connectivity index (χ4n) is 3.37. The molecule has 3 unspecified atom stereocenters. The molecule has 210 valence electrons. The number of rotatable bonds is 14. The van der Waals surface area contributed by atoms with Gasteiger partial charge in [-0.2, -0.15) is 0 Å². The number of pyridine rings is 1. The van der Waals surface area contributed by atoms with Gasteiger partial charge in [-0.3, -0.25) is 24.1 Å². The topological polar surface area (TPSA) is 134 Å². The van der Waals surface area contributed by atoms with Crippen LogP contribution in [0, 0.1) is 0 Å². The van der Waals surface area contributed by atoms with Gasteiger partial charge in [0.2, 0.25) is 0 Å². The lowest BCUT2D eigenvalue weighted by Gasteiger charge is -2.25. The SMILES string of the molecule is CCC(COP(NCC(=O)OC(C)C)Oc1ccc(-c2ncccc2Cl)cc1)OC(C)n1ccc(=O)[nH]c1=O. The van der Waals surface area contributed by atoms with Gasteiger partial charge in [-0.25, -0.2) is 9.88 Å². The van der Waals surface area contributed by atoms with Gasteiger partial charge in [0, 0.05) is 24.0 Å². The molecular weight excluding hydrogens is 547 g/mol. The van der Waals surface area contributed by atoms with Crippen LogP contribution < -0.4 is 20.9 Å². The standard InChI is InChI=1S/C26H32ClN4O7P/c1-5-20(37-18(4)31-14-12-23(32)30-26(31)34)16-35-39(29-15-24(33)36-17(2)3)38-21-10-8-19(9-11-21)25-22(27)7-6-13-28-25/h6-14,17-18,20,29H,5,15-16H2,1-4H3,(H,30,32,34). The molecule has 3 atom stereocenters. The Morgan fingerprint density at radius 1 is 1.15 bits per heavy atom. The number of nitrogens with one attached hydrogen (secondary N) is 2. The summed E-state index contributed by atoms with van der Waals surface area (Å²) in [7, 11) is -1.78. The lowest BCUT2D eigenvalue weighted by Crippen LogP contribution is -2.34. The van der Waals surface area contributed by atoms with Crippen LogP contribution in [0.2, 0.25) is 5.02 Å². The zero-order valence-corrected chi connectivity index (χ0v) is 23.8. The predicted molar refractivity (Wildman–Crippen MR) is 149 cm³/mol. The molecule has 0 saturated carbocycles. The zero-order chi connectivity index (χ0) is 28.4. The number of hydrogen-bond acceptors (Lipinski definition) is 9. The van der Waals surface area contributed by atoms with E-state index in [0.29, 0.717) is 22.9 Å². The summed E-state index contributed by atoms with van der Waals surface area (Å²) in [5.74, 6) is 0.0583. The summed E-state index contributed by atoms with van der Waals surface area (Å²) in [6.45, 7) is 7.12. The number of aromatic amines is 1. The highest BCUT2D eigenvalue weighted by atomic mass is 35.5. The third-order valence-electron chi connectivity index (χ3n) is 5.26. The number of hydrogen-bond donors (Lipinski definition) is 2. The van der Waals surface area contributed by atoms with Crippen LogP contribution in [0.3, 0.4) is 0 Å². The minimum absolute atomic E-state index is 0.110. The second-order valence-electron chi connectivity index (χ2n) is 8.66. The fraction of sp³-hybridized carbons (Fsp3) is 0.385. The number of carbonyl (C=O) groups is 1. The molecule has 2 heterocycles. The number of esters is 1. The molecule has 0 radical (unpaired) electrons. The maximum atomic E-state index is 12.1. The van der Waals surface area contributed by atoms with E-state index in [0.717, 1.165) is 5.56 Å². The van der Waals surface area contributed by atoms with E-state index in [1.807, 2.05) is 19.1 Å². The second-order valence-corrected chi connectivity index (χ2v) is 10.3. The first-order valence-corrected chi connectivity index (χ1v) is 13.9. The molecule has 0 saturated heterocycles. The van der Waals surface area contributed by atoms with E-state index < -0.39 is 38.1 Å². The van der Waals surface area contributed by atoms with Crippen molar-refractivity contribution in [1.29, 1.82) is 0 Å². The predicted octanol–water partition coefficient (Wildman–Crippen LogP) is 4.43. The number of H-pyrrole nitrogens is 1. The third-order valence-corrected chi connectivity index (χ3v) is 6.74. The molecular formula is C26H32ClN4O7P. The minimum Gasteiger partial charge on any atom is -0.462 e. The second kappa shape index (κ2) is 14.9. The van der Waals surface area contributed by atoms with Crippen LogP contribution in [0.1, 0.15) is 40.3 Å². The molecule has 0 bridgehead atoms. The van der Waals surface area contributed by atoms with Crippen molar-refractivity contribution in [3.05, 3.63) is 80.7 Å². The lowest BCUT2D eigenvalue weighted by atomic mass is 10.1. The highest BCUT2D eigenvalue weighted by Gasteiger charge is 2.21. The molecule has 0 spiro atoms. The first-order valence-electron chi connectivity index (χ1n) is 12.4. The number of halogens is 1. The van der Waals surface area contributed by atoms with Crippen molar-refractivity contribution < 1.29 is 23.3 Å². The van der Waals surface area contributed by atoms with Crippen LogP contribution in [0.25, 0.3) is 11.3 Å². The quantitative estimate of drug-likeness (QED) is 0.210. The average molecular weight is 579 g/mol. The zero-order valence-electron chi connectivity index (χ0n) is 22.1. The summed E-state index contributed by atoms with van der Waals surface area (Å²) in [6, 6.07) is 11.9. The van der Waals surface area contributed by atoms with E-state index in [2.05, 4.69) is 15.1 Å². The summed E-state index contributed by atoms with van der Waals surface area (Å²) in [6.07, 6.45) is 2.29. The van der Waals surface area contributed by atoms with Gasteiger partial charge in [0.15, 0.2) is 0 Å². The molecule has 3 rings (SSSR count). The molecule has 11 nitrogen and oxygen atoms in total. The van der Waals surface area contributed by atoms with Gasteiger partial charge >= 0.3 is 20.2 Å². The van der Waals surface area contributed by atoms with Gasteiger partial charge in [0.1, 0.15) is 18.5 Å². The molecule has 1 aromatic carbocycles. The maximum Gasteiger partial charge on any atom is 0.330 e. The lowest BCUT2D eigenvalue weighted by molar-refractivity contribution is -0.145. The number of nitrogens with zero attached hydrogens (tertiary/aromatic N) is 2. The molecule has 2 aromatic heterocycles. The van der Waals surface area contributed by atoms with E-state index in [4.69, 9.17) is 30.1 Å². The van der Waals surface area contributed by atoms with Crippen molar-refractivity contribution in [1.82, 2.24) is 19.6 Å². The monoisotopic (exact) mass is 578 g/mol. The van der Waals surface area contributed by atoms with Crippen molar-refractivity contribution in [2.24, 2.45) is 0 Å². The van der Waals surface area contributed by atoms with Crippen molar-refractivity contribution in [2.75, 3.05) is 13.2 Å². The largest absolute Gasteiger partial charge is 0.462 e. The molecule has 0 aliphatic rings. The van der Waals surface area contributed by atoms with Gasteiger partial charge < -0.3 is 18.5 Å². The molecule has 39 heavy (non-hydrogen) atoms. The van der Waals surface area contributed by atoms with Crippen LogP contribution in [-0.4, -0.2) is 45.9 Å². The highest BCUT2D eigenvalue weighted by Crippen LogP contribution is 2.37. The van der Waals surface area contributed by atoms with Crippen molar-refractivity contribution in [2.45, 2.75) is 52.6 Å². The van der Waals surface area contributed by atoms with Crippen LogP contribution in [0.5, 0.6) is 5.75 Å². The summed E-state index contributed by atoms with van der Waals surface area (Å²) in [5, 5.41) is 3.50. The summed E-state index contributed by atoms with van der Waals surface area (Å²) < 4.78 is 24.5. The molecule has 0 fully saturated rings. The van der Waals surface area contributed by atoms with E-state index in [-0.39, 0.29) is 19.3 Å². The van der Waals surface area contributed by atoms with Gasteiger partial charge in [-0.15, -0.1) is 0 Å². The van der Waals surface area contributed by atoms with Crippen molar-refractivity contribution in [3.8, 4) is 17.0 Å². The Morgan fingerprint density at radius 3 is 2.54 bits per heavy atom. The number of ether oxygens (including phenoxy) is 2. The van der Waals surface area contributed by atoms with E-state index >= 15 is 0 Å². The number of carbonyl (C=O) groups excluding carboxylic acids is 1. The summed E-state index contributed by atoms with van der Waals surface area (Å²) in [4.78, 5) is 42.1. The van der Waals surface area contributed by atoms with Crippen LogP contribution >= 0.6 is 20.1 Å². The van der Waals surface area contributed by atoms with Gasteiger partial charge in [-0.1, -0.05) is 18.5 Å². The average Bonchev–Trinajstić information content (AvgIpc) is 2.89. The van der Waals surface area contributed by atoms with Crippen LogP contribution in [-0.2, 0) is 18.8 Å². The Kier molecular flexibility index (Phi) is 11.6. The highest BCUT2D eigenvalue weighted by molar-refractivity contribution is 7.45. The van der Waals surface area contributed by atoms with Gasteiger partial charge in [-0.05, 0) is 63.6 Å². The molecule has 13 heteroatoms. The van der Waals surface area contributed by atoms with E-state index in [9.17, 15) is 14.4 Å². The first-order chi connectivity index (χ1) is 18.7. The minimum atomic E-state index is -1.78. The molecule has 3 aromatic rings. The molecule has 0 aliphatic carbocycles. The van der Waals surface area contributed by atoms with E-state index in [1.165, 1.54) is 16.8 Å². The Labute approximate surface area is 232 Å². The van der Waals surface area contributed by atoms with E-state index in [1.54, 1.807) is 51.2 Å². The number of aromatic nitrogens is 3. The Morgan fingerprint density at radius 2 is 1.90 bits per heavy atom. The van der Waals surface area contributed by atoms with Crippen LogP contribution in [0.4, 0.5) is 0 Å². The first kappa shape index (κ1) is 30.5. The summed E-state index contributed by atoms with van der Waals surface area (Å²) in [5.41, 5.74) is 0.409. The Bertz CT molecular complexity index is 1330. The maximum absolute atomic E-state index is 12.1. The fourth-order valence-corrected chi connectivity index (χ4v) is 4.68. The number of benzene rings is 1.